The summed E-state index contributed by atoms with van der Waals surface area (Å²) in [6.45, 7) is 4.77. The minimum Gasteiger partial charge on any atom is -0.341 e. The Hall–Kier alpha value is -1.11. The number of amides is 1. The number of aryl methyl sites for hydroxylation is 1. The number of carbonyl (C=O) groups is 1. The van der Waals surface area contributed by atoms with Crippen LogP contribution in [0.15, 0.2) is 23.1 Å². The van der Waals surface area contributed by atoms with Gasteiger partial charge in [-0.15, -0.1) is 0 Å². The summed E-state index contributed by atoms with van der Waals surface area (Å²) >= 11 is 5.99. The zero-order valence-electron chi connectivity index (χ0n) is 12.1. The van der Waals surface area contributed by atoms with Gasteiger partial charge in [-0.3, -0.25) is 4.79 Å². The fraction of sp³-hybridized carbons (Fsp3) is 0.500. The molecule has 1 aliphatic heterocycles. The van der Waals surface area contributed by atoms with E-state index in [1.807, 2.05) is 6.92 Å². The summed E-state index contributed by atoms with van der Waals surface area (Å²) < 4.78 is 27.1. The second kappa shape index (κ2) is 6.34. The lowest BCUT2D eigenvalue weighted by molar-refractivity contribution is -0.131. The first-order valence-corrected chi connectivity index (χ1v) is 8.74. The molecule has 0 aliphatic carbocycles. The summed E-state index contributed by atoms with van der Waals surface area (Å²) in [5.41, 5.74) is 0.875. The van der Waals surface area contributed by atoms with Crippen LogP contribution >= 0.6 is 11.6 Å². The number of likely N-dealkylation sites (tertiary alicyclic amines) is 1. The molecule has 0 spiro atoms. The van der Waals surface area contributed by atoms with Crippen LogP contribution in [-0.4, -0.2) is 38.4 Å². The third-order valence-corrected chi connectivity index (χ3v) is 5.52. The Kier molecular flexibility index (Phi) is 4.91. The van der Waals surface area contributed by atoms with Crippen molar-refractivity contribution in [2.75, 3.05) is 13.1 Å². The van der Waals surface area contributed by atoms with E-state index in [9.17, 15) is 13.2 Å². The summed E-state index contributed by atoms with van der Waals surface area (Å²) in [7, 11) is -3.81. The van der Waals surface area contributed by atoms with E-state index in [2.05, 4.69) is 4.72 Å². The number of carbonyl (C=O) groups excluding carboxylic acids is 1. The van der Waals surface area contributed by atoms with Crippen LogP contribution in [0.5, 0.6) is 0 Å². The van der Waals surface area contributed by atoms with E-state index in [1.165, 1.54) is 6.07 Å². The molecule has 116 valence electrons. The highest BCUT2D eigenvalue weighted by molar-refractivity contribution is 7.89. The molecule has 0 bridgehead atoms. The predicted molar refractivity (Wildman–Crippen MR) is 81.8 cm³/mol. The van der Waals surface area contributed by atoms with Crippen molar-refractivity contribution in [2.24, 2.45) is 0 Å². The first-order valence-electron chi connectivity index (χ1n) is 6.88. The monoisotopic (exact) mass is 330 g/mol. The van der Waals surface area contributed by atoms with Crippen molar-refractivity contribution < 1.29 is 13.2 Å². The fourth-order valence-electron chi connectivity index (χ4n) is 2.38. The van der Waals surface area contributed by atoms with E-state index in [4.69, 9.17) is 11.6 Å². The highest BCUT2D eigenvalue weighted by Gasteiger charge is 2.28. The Labute approximate surface area is 130 Å². The van der Waals surface area contributed by atoms with Gasteiger partial charge >= 0.3 is 0 Å². The highest BCUT2D eigenvalue weighted by Crippen LogP contribution is 2.22. The van der Waals surface area contributed by atoms with Crippen molar-refractivity contribution in [2.45, 2.75) is 37.6 Å². The minimum absolute atomic E-state index is 0.00385. The van der Waals surface area contributed by atoms with Gasteiger partial charge in [-0.2, -0.15) is 4.72 Å². The van der Waals surface area contributed by atoms with E-state index in [1.54, 1.807) is 24.0 Å². The number of hydrogen-bond acceptors (Lipinski definition) is 3. The van der Waals surface area contributed by atoms with E-state index in [0.29, 0.717) is 13.1 Å². The number of hydrogen-bond donors (Lipinski definition) is 1. The van der Waals surface area contributed by atoms with Gasteiger partial charge in [0.1, 0.15) is 4.90 Å². The molecule has 7 heteroatoms. The van der Waals surface area contributed by atoms with Gasteiger partial charge in [-0.05, 0) is 44.4 Å². The molecular formula is C14H19ClN2O3S. The van der Waals surface area contributed by atoms with Gasteiger partial charge in [0.2, 0.25) is 15.9 Å². The van der Waals surface area contributed by atoms with E-state index in [0.717, 1.165) is 18.4 Å². The van der Waals surface area contributed by atoms with E-state index < -0.39 is 16.1 Å². The highest BCUT2D eigenvalue weighted by atomic mass is 35.5. The Bertz CT molecular complexity index is 640. The van der Waals surface area contributed by atoms with Gasteiger partial charge in [0.05, 0.1) is 11.1 Å². The molecule has 1 aliphatic rings. The molecule has 1 amide bonds. The number of halogens is 1. The summed E-state index contributed by atoms with van der Waals surface area (Å²) in [5, 5.41) is 0.156. The first-order chi connectivity index (χ1) is 9.81. The molecule has 0 saturated carbocycles. The summed E-state index contributed by atoms with van der Waals surface area (Å²) in [6, 6.07) is 3.91. The van der Waals surface area contributed by atoms with Crippen LogP contribution in [0.2, 0.25) is 5.02 Å². The van der Waals surface area contributed by atoms with Crippen molar-refractivity contribution in [1.82, 2.24) is 9.62 Å². The number of nitrogens with one attached hydrogen (secondary N) is 1. The quantitative estimate of drug-likeness (QED) is 0.917. The fourth-order valence-corrected chi connectivity index (χ4v) is 4.18. The second-order valence-corrected chi connectivity index (χ2v) is 7.40. The molecule has 1 saturated heterocycles. The van der Waals surface area contributed by atoms with Crippen molar-refractivity contribution in [3.05, 3.63) is 28.8 Å². The van der Waals surface area contributed by atoms with Crippen LogP contribution in [0.25, 0.3) is 0 Å². The topological polar surface area (TPSA) is 66.5 Å². The third-order valence-electron chi connectivity index (χ3n) is 3.50. The van der Waals surface area contributed by atoms with E-state index in [-0.39, 0.29) is 15.8 Å². The third kappa shape index (κ3) is 3.75. The van der Waals surface area contributed by atoms with Crippen LogP contribution in [-0.2, 0) is 14.8 Å². The zero-order chi connectivity index (χ0) is 15.6. The van der Waals surface area contributed by atoms with Crippen molar-refractivity contribution in [3.63, 3.8) is 0 Å². The Morgan fingerprint density at radius 3 is 2.52 bits per heavy atom. The Balaban J connectivity index is 2.14. The van der Waals surface area contributed by atoms with Gasteiger partial charge in [0.15, 0.2) is 0 Å². The molecule has 21 heavy (non-hydrogen) atoms. The summed E-state index contributed by atoms with van der Waals surface area (Å²) in [6.07, 6.45) is 1.93. The minimum atomic E-state index is -3.81. The summed E-state index contributed by atoms with van der Waals surface area (Å²) in [4.78, 5) is 13.8. The molecule has 0 unspecified atom stereocenters. The van der Waals surface area contributed by atoms with Gasteiger partial charge < -0.3 is 4.90 Å². The van der Waals surface area contributed by atoms with Crippen LogP contribution in [0.3, 0.4) is 0 Å². The lowest BCUT2D eigenvalue weighted by Crippen LogP contribution is -2.45. The SMILES string of the molecule is Cc1ccc(S(=O)(=O)N[C@H](C)C(=O)N2CCCC2)c(Cl)c1. The standard InChI is InChI=1S/C14H19ClN2O3S/c1-10-5-6-13(12(15)9-10)21(19,20)16-11(2)14(18)17-7-3-4-8-17/h5-6,9,11,16H,3-4,7-8H2,1-2H3/t11-/m1/s1. The largest absolute Gasteiger partial charge is 0.341 e. The van der Waals surface area contributed by atoms with Crippen molar-refractivity contribution >= 4 is 27.5 Å². The molecule has 0 radical (unpaired) electrons. The smallest absolute Gasteiger partial charge is 0.242 e. The maximum atomic E-state index is 12.3. The van der Waals surface area contributed by atoms with Crippen molar-refractivity contribution in [3.8, 4) is 0 Å². The number of benzene rings is 1. The maximum Gasteiger partial charge on any atom is 0.242 e. The van der Waals surface area contributed by atoms with E-state index >= 15 is 0 Å². The van der Waals surface area contributed by atoms with Gasteiger partial charge in [0, 0.05) is 13.1 Å². The molecule has 1 aromatic rings. The normalized spacial score (nSPS) is 17.0. The molecule has 1 fully saturated rings. The average Bonchev–Trinajstić information content (AvgIpc) is 2.90. The van der Waals surface area contributed by atoms with Crippen LogP contribution in [0, 0.1) is 6.92 Å². The average molecular weight is 331 g/mol. The lowest BCUT2D eigenvalue weighted by atomic mass is 10.2. The van der Waals surface area contributed by atoms with Gasteiger partial charge in [0.25, 0.3) is 0 Å². The van der Waals surface area contributed by atoms with Crippen molar-refractivity contribution in [1.29, 1.82) is 0 Å². The molecule has 1 atom stereocenters. The lowest BCUT2D eigenvalue weighted by Gasteiger charge is -2.21. The van der Waals surface area contributed by atoms with Crippen LogP contribution in [0.1, 0.15) is 25.3 Å². The summed E-state index contributed by atoms with van der Waals surface area (Å²) in [5.74, 6) is -0.195. The molecule has 1 aromatic carbocycles. The molecular weight excluding hydrogens is 312 g/mol. The second-order valence-electron chi connectivity index (χ2n) is 5.31. The molecule has 1 N–H and O–H groups in total. The zero-order valence-corrected chi connectivity index (χ0v) is 13.7. The van der Waals surface area contributed by atoms with Gasteiger partial charge in [-0.25, -0.2) is 8.42 Å². The molecule has 0 aromatic heterocycles. The maximum absolute atomic E-state index is 12.3. The van der Waals surface area contributed by atoms with Gasteiger partial charge in [-0.1, -0.05) is 17.7 Å². The predicted octanol–water partition coefficient (Wildman–Crippen LogP) is 1.94. The number of nitrogens with zero attached hydrogens (tertiary/aromatic N) is 1. The first kappa shape index (κ1) is 16.3. The van der Waals surface area contributed by atoms with Crippen LogP contribution < -0.4 is 4.72 Å². The van der Waals surface area contributed by atoms with Crippen LogP contribution in [0.4, 0.5) is 0 Å². The molecule has 1 heterocycles. The Morgan fingerprint density at radius 2 is 1.95 bits per heavy atom. The number of sulfonamides is 1. The number of rotatable bonds is 4. The Morgan fingerprint density at radius 1 is 1.33 bits per heavy atom. The molecule has 5 nitrogen and oxygen atoms in total. The molecule has 2 rings (SSSR count).